The lowest BCUT2D eigenvalue weighted by molar-refractivity contribution is 0.342. The molecule has 0 aromatic heterocycles. The van der Waals surface area contributed by atoms with Crippen LogP contribution in [0.4, 0.5) is 0 Å². The Morgan fingerprint density at radius 3 is 2.46 bits per heavy atom. The second kappa shape index (κ2) is 8.78. The van der Waals surface area contributed by atoms with Crippen molar-refractivity contribution < 1.29 is 8.42 Å². The van der Waals surface area contributed by atoms with Crippen molar-refractivity contribution in [3.05, 3.63) is 29.8 Å². The van der Waals surface area contributed by atoms with E-state index >= 15 is 0 Å². The number of hydrogen-bond donors (Lipinski definition) is 2. The topological polar surface area (TPSA) is 76.5 Å². The van der Waals surface area contributed by atoms with Gasteiger partial charge < -0.3 is 10.2 Å². The molecule has 0 atom stereocenters. The summed E-state index contributed by atoms with van der Waals surface area (Å²) in [6.07, 6.45) is 5.22. The fourth-order valence-electron chi connectivity index (χ4n) is 3.85. The average Bonchev–Trinajstić information content (AvgIpc) is 3.31. The minimum atomic E-state index is -3.68. The van der Waals surface area contributed by atoms with Crippen LogP contribution in [-0.2, 0) is 16.4 Å². The van der Waals surface area contributed by atoms with E-state index in [0.717, 1.165) is 36.4 Å². The maximum atomic E-state index is 13.0. The minimum absolute atomic E-state index is 0.127. The molecule has 1 saturated carbocycles. The summed E-state index contributed by atoms with van der Waals surface area (Å²) in [6.45, 7) is 5.81. The Balaban J connectivity index is 1.62. The van der Waals surface area contributed by atoms with Gasteiger partial charge in [0.1, 0.15) is 0 Å². The quantitative estimate of drug-likeness (QED) is 0.661. The smallest absolute Gasteiger partial charge is 0.266 e. The largest absolute Gasteiger partial charge is 0.379 e. The van der Waals surface area contributed by atoms with Gasteiger partial charge in [0.05, 0.1) is 16.4 Å². The summed E-state index contributed by atoms with van der Waals surface area (Å²) >= 11 is 5.26. The molecule has 8 heteroatoms. The maximum Gasteiger partial charge on any atom is 0.266 e. The predicted molar refractivity (Wildman–Crippen MR) is 116 cm³/mol. The van der Waals surface area contributed by atoms with E-state index in [1.165, 1.54) is 17.1 Å². The molecule has 1 aliphatic heterocycles. The molecule has 0 unspecified atom stereocenters. The van der Waals surface area contributed by atoms with Crippen LogP contribution in [0.3, 0.4) is 0 Å². The van der Waals surface area contributed by atoms with Gasteiger partial charge in [-0.3, -0.25) is 5.41 Å². The molecule has 0 radical (unpaired) electrons. The van der Waals surface area contributed by atoms with E-state index in [1.54, 1.807) is 12.1 Å². The average molecular weight is 423 g/mol. The third-order valence-corrected chi connectivity index (χ3v) is 7.99. The number of guanidine groups is 1. The van der Waals surface area contributed by atoms with Crippen molar-refractivity contribution in [1.82, 2.24) is 14.5 Å². The highest BCUT2D eigenvalue weighted by Crippen LogP contribution is 2.28. The fourth-order valence-corrected chi connectivity index (χ4v) is 5.34. The van der Waals surface area contributed by atoms with Crippen LogP contribution in [0.2, 0.25) is 0 Å². The van der Waals surface area contributed by atoms with Crippen LogP contribution in [0.5, 0.6) is 0 Å². The highest BCUT2D eigenvalue weighted by molar-refractivity contribution is 7.89. The van der Waals surface area contributed by atoms with Gasteiger partial charge in [-0.1, -0.05) is 51.0 Å². The van der Waals surface area contributed by atoms with Crippen LogP contribution in [-0.4, -0.2) is 54.2 Å². The van der Waals surface area contributed by atoms with Crippen LogP contribution in [0, 0.1) is 11.3 Å². The number of rotatable bonds is 7. The van der Waals surface area contributed by atoms with Gasteiger partial charge in [-0.05, 0) is 37.0 Å². The Kier molecular flexibility index (Phi) is 6.60. The zero-order chi connectivity index (χ0) is 20.3. The Morgan fingerprint density at radius 2 is 1.86 bits per heavy atom. The van der Waals surface area contributed by atoms with Gasteiger partial charge in [0.25, 0.3) is 10.0 Å². The van der Waals surface area contributed by atoms with Crippen LogP contribution >= 0.6 is 12.2 Å². The molecule has 2 fully saturated rings. The fraction of sp³-hybridized carbons (Fsp3) is 0.600. The highest BCUT2D eigenvalue weighted by atomic mass is 32.2. The second-order valence-corrected chi connectivity index (χ2v) is 10.2. The van der Waals surface area contributed by atoms with Crippen LogP contribution in [0.25, 0.3) is 0 Å². The molecule has 0 spiro atoms. The maximum absolute atomic E-state index is 13.0. The van der Waals surface area contributed by atoms with Gasteiger partial charge in [-0.15, -0.1) is 0 Å². The lowest BCUT2D eigenvalue weighted by Gasteiger charge is -2.26. The van der Waals surface area contributed by atoms with Crippen molar-refractivity contribution in [2.45, 2.75) is 56.9 Å². The first-order valence-electron chi connectivity index (χ1n) is 10.1. The van der Waals surface area contributed by atoms with Crippen LogP contribution in [0.1, 0.15) is 45.1 Å². The van der Waals surface area contributed by atoms with Crippen LogP contribution < -0.4 is 5.32 Å². The first kappa shape index (κ1) is 21.0. The summed E-state index contributed by atoms with van der Waals surface area (Å²) in [5, 5.41) is 11.6. The molecule has 1 aromatic carbocycles. The van der Waals surface area contributed by atoms with E-state index in [0.29, 0.717) is 25.0 Å². The third-order valence-electron chi connectivity index (χ3n) is 5.57. The zero-order valence-corrected chi connectivity index (χ0v) is 18.3. The molecule has 0 amide bonds. The molecule has 1 saturated heterocycles. The van der Waals surface area contributed by atoms with Gasteiger partial charge in [-0.25, -0.2) is 12.7 Å². The molecule has 1 aromatic rings. The monoisotopic (exact) mass is 422 g/mol. The van der Waals surface area contributed by atoms with Gasteiger partial charge in [0.15, 0.2) is 0 Å². The summed E-state index contributed by atoms with van der Waals surface area (Å²) < 4.78 is 27.3. The molecule has 6 nitrogen and oxygen atoms in total. The lowest BCUT2D eigenvalue weighted by Crippen LogP contribution is -2.40. The van der Waals surface area contributed by atoms with Crippen molar-refractivity contribution in [3.8, 4) is 0 Å². The normalized spacial score (nSPS) is 18.3. The van der Waals surface area contributed by atoms with E-state index in [9.17, 15) is 8.42 Å². The number of nitrogens with one attached hydrogen (secondary N) is 2. The molecule has 2 aliphatic rings. The minimum Gasteiger partial charge on any atom is -0.379 e. The van der Waals surface area contributed by atoms with Crippen molar-refractivity contribution in [1.29, 1.82) is 5.41 Å². The SMILES string of the molecule is CC(C)C(=S)NCCc1ccc(S(=O)(=O)N2CCN(C3CCCC3)C2=N)cc1. The summed E-state index contributed by atoms with van der Waals surface area (Å²) in [7, 11) is -3.68. The number of benzene rings is 1. The first-order valence-corrected chi connectivity index (χ1v) is 11.9. The van der Waals surface area contributed by atoms with Crippen molar-refractivity contribution in [2.24, 2.45) is 5.92 Å². The Morgan fingerprint density at radius 1 is 1.21 bits per heavy atom. The third kappa shape index (κ3) is 4.49. The molecule has 3 rings (SSSR count). The van der Waals surface area contributed by atoms with Gasteiger partial charge in [0.2, 0.25) is 5.96 Å². The molecule has 0 bridgehead atoms. The molecular weight excluding hydrogens is 392 g/mol. The molecule has 28 heavy (non-hydrogen) atoms. The number of thiocarbonyl (C=S) groups is 1. The first-order chi connectivity index (χ1) is 13.3. The summed E-state index contributed by atoms with van der Waals surface area (Å²) in [5.74, 6) is 0.449. The molecule has 154 valence electrons. The van der Waals surface area contributed by atoms with Crippen LogP contribution in [0.15, 0.2) is 29.2 Å². The van der Waals surface area contributed by atoms with E-state index in [4.69, 9.17) is 17.6 Å². The Hall–Kier alpha value is -1.67. The van der Waals surface area contributed by atoms with Gasteiger partial charge >= 0.3 is 0 Å². The Labute approximate surface area is 173 Å². The van der Waals surface area contributed by atoms with Gasteiger partial charge in [0, 0.05) is 25.0 Å². The number of nitrogens with zero attached hydrogens (tertiary/aromatic N) is 2. The summed E-state index contributed by atoms with van der Waals surface area (Å²) in [4.78, 5) is 3.06. The lowest BCUT2D eigenvalue weighted by atomic mass is 10.1. The number of sulfonamides is 1. The van der Waals surface area contributed by atoms with Crippen molar-refractivity contribution in [3.63, 3.8) is 0 Å². The standard InChI is InChI=1S/C20H30N4O2S2/c1-15(2)19(27)22-12-11-16-7-9-18(10-8-16)28(25,26)24-14-13-23(20(24)21)17-5-3-4-6-17/h7-10,15,17,21H,3-6,11-14H2,1-2H3,(H,22,27). The van der Waals surface area contributed by atoms with E-state index < -0.39 is 10.0 Å². The van der Waals surface area contributed by atoms with Crippen molar-refractivity contribution >= 4 is 33.2 Å². The van der Waals surface area contributed by atoms with Gasteiger partial charge in [-0.2, -0.15) is 0 Å². The molecule has 1 heterocycles. The summed E-state index contributed by atoms with van der Waals surface area (Å²) in [6, 6.07) is 7.32. The highest BCUT2D eigenvalue weighted by Gasteiger charge is 2.38. The van der Waals surface area contributed by atoms with Crippen molar-refractivity contribution in [2.75, 3.05) is 19.6 Å². The second-order valence-electron chi connectivity index (χ2n) is 7.87. The predicted octanol–water partition coefficient (Wildman–Crippen LogP) is 2.99. The van der Waals surface area contributed by atoms with E-state index in [2.05, 4.69) is 19.2 Å². The Bertz CT molecular complexity index is 815. The van der Waals surface area contributed by atoms with E-state index in [1.807, 2.05) is 17.0 Å². The molecule has 1 aliphatic carbocycles. The number of hydrogen-bond acceptors (Lipinski definition) is 4. The molecular formula is C20H30N4O2S2. The van der Waals surface area contributed by atoms with E-state index in [-0.39, 0.29) is 10.9 Å². The zero-order valence-electron chi connectivity index (χ0n) is 16.6. The molecule has 2 N–H and O–H groups in total. The summed E-state index contributed by atoms with van der Waals surface area (Å²) in [5.41, 5.74) is 1.06.